The Kier molecular flexibility index (Phi) is 5.84. The van der Waals surface area contributed by atoms with Crippen LogP contribution in [0.3, 0.4) is 0 Å². The van der Waals surface area contributed by atoms with Gasteiger partial charge >= 0.3 is 6.18 Å². The molecule has 1 fully saturated rings. The standard InChI is InChI=1S/C19H18ClF3N6O2S/c1-11-13(9-28(2)25-11)32-27-17(30)12-3-4-14(24-16(12)20)29-8-5-15(26-29)31-10-18(6-7-18)19(21,22)23/h3-5,8-9H,6-7,10H2,1-2H3,(H,27,30). The quantitative estimate of drug-likeness (QED) is 0.399. The first-order chi connectivity index (χ1) is 15.1. The van der Waals surface area contributed by atoms with Crippen molar-refractivity contribution >= 4 is 29.5 Å². The van der Waals surface area contributed by atoms with Crippen molar-refractivity contribution < 1.29 is 22.7 Å². The fourth-order valence-corrected chi connectivity index (χ4v) is 3.88. The molecule has 8 nitrogen and oxygen atoms in total. The van der Waals surface area contributed by atoms with Gasteiger partial charge < -0.3 is 4.74 Å². The second kappa shape index (κ2) is 8.32. The maximum Gasteiger partial charge on any atom is 0.397 e. The third-order valence-corrected chi connectivity index (χ3v) is 6.25. The molecule has 1 N–H and O–H groups in total. The van der Waals surface area contributed by atoms with Crippen LogP contribution in [0.25, 0.3) is 5.82 Å². The highest BCUT2D eigenvalue weighted by Gasteiger charge is 2.64. The molecule has 0 radical (unpaired) electrons. The summed E-state index contributed by atoms with van der Waals surface area (Å²) in [6.07, 6.45) is -0.926. The summed E-state index contributed by atoms with van der Waals surface area (Å²) in [6, 6.07) is 4.45. The highest BCUT2D eigenvalue weighted by molar-refractivity contribution is 7.98. The Labute approximate surface area is 190 Å². The Hall–Kier alpha value is -2.73. The van der Waals surface area contributed by atoms with E-state index in [0.29, 0.717) is 0 Å². The average molecular weight is 487 g/mol. The van der Waals surface area contributed by atoms with Crippen molar-refractivity contribution in [1.29, 1.82) is 0 Å². The zero-order valence-corrected chi connectivity index (χ0v) is 18.6. The lowest BCUT2D eigenvalue weighted by Crippen LogP contribution is -2.30. The summed E-state index contributed by atoms with van der Waals surface area (Å²) in [5, 5.41) is 8.24. The molecule has 1 saturated carbocycles. The molecule has 32 heavy (non-hydrogen) atoms. The number of pyridine rings is 1. The minimum Gasteiger partial charge on any atom is -0.476 e. The predicted molar refractivity (Wildman–Crippen MR) is 111 cm³/mol. The van der Waals surface area contributed by atoms with E-state index in [2.05, 4.69) is 19.9 Å². The molecule has 0 saturated heterocycles. The number of ether oxygens (including phenoxy) is 1. The Balaban J connectivity index is 1.40. The number of carbonyl (C=O) groups is 1. The predicted octanol–water partition coefficient (Wildman–Crippen LogP) is 4.12. The smallest absolute Gasteiger partial charge is 0.397 e. The van der Waals surface area contributed by atoms with Gasteiger partial charge in [0.1, 0.15) is 17.2 Å². The molecular formula is C19H18ClF3N6O2S. The number of amides is 1. The fraction of sp³-hybridized carbons (Fsp3) is 0.368. The minimum atomic E-state index is -4.30. The van der Waals surface area contributed by atoms with Crippen LogP contribution in [0.2, 0.25) is 5.15 Å². The molecule has 0 bridgehead atoms. The largest absolute Gasteiger partial charge is 0.476 e. The van der Waals surface area contributed by atoms with E-state index in [9.17, 15) is 18.0 Å². The molecule has 3 heterocycles. The van der Waals surface area contributed by atoms with Crippen LogP contribution in [-0.4, -0.2) is 43.2 Å². The number of aromatic nitrogens is 5. The van der Waals surface area contributed by atoms with Gasteiger partial charge in [0.2, 0.25) is 5.88 Å². The van der Waals surface area contributed by atoms with Crippen molar-refractivity contribution in [3.8, 4) is 11.7 Å². The number of carbonyl (C=O) groups excluding carboxylic acids is 1. The summed E-state index contributed by atoms with van der Waals surface area (Å²) in [4.78, 5) is 17.4. The van der Waals surface area contributed by atoms with Gasteiger partial charge in [0.05, 0.1) is 16.2 Å². The maximum atomic E-state index is 13.0. The number of aryl methyl sites for hydroxylation is 2. The average Bonchev–Trinajstić information content (AvgIpc) is 3.27. The highest BCUT2D eigenvalue weighted by atomic mass is 35.5. The first-order valence-corrected chi connectivity index (χ1v) is 10.7. The van der Waals surface area contributed by atoms with Crippen molar-refractivity contribution in [2.24, 2.45) is 12.5 Å². The highest BCUT2D eigenvalue weighted by Crippen LogP contribution is 2.57. The van der Waals surface area contributed by atoms with Crippen LogP contribution in [0.5, 0.6) is 5.88 Å². The lowest BCUT2D eigenvalue weighted by atomic mass is 10.1. The number of alkyl halides is 3. The molecule has 0 aromatic carbocycles. The third-order valence-electron chi connectivity index (χ3n) is 5.05. The molecule has 1 aliphatic rings. The van der Waals surface area contributed by atoms with E-state index in [1.165, 1.54) is 29.1 Å². The van der Waals surface area contributed by atoms with Gasteiger partial charge in [0.25, 0.3) is 5.91 Å². The lowest BCUT2D eigenvalue weighted by Gasteiger charge is -2.18. The van der Waals surface area contributed by atoms with Crippen molar-refractivity contribution in [3.05, 3.63) is 47.0 Å². The van der Waals surface area contributed by atoms with Crippen LogP contribution in [0, 0.1) is 12.3 Å². The number of nitrogens with one attached hydrogen (secondary N) is 1. The molecule has 1 amide bonds. The number of hydrogen-bond donors (Lipinski definition) is 1. The normalized spacial score (nSPS) is 14.9. The van der Waals surface area contributed by atoms with Crippen molar-refractivity contribution in [2.45, 2.75) is 30.8 Å². The SMILES string of the molecule is Cc1nn(C)cc1SNC(=O)c1ccc(-n2ccc(OCC3(C(F)(F)F)CC3)n2)nc1Cl. The van der Waals surface area contributed by atoms with Gasteiger partial charge in [0.15, 0.2) is 5.82 Å². The van der Waals surface area contributed by atoms with Gasteiger partial charge in [-0.05, 0) is 43.8 Å². The number of hydrogen-bond acceptors (Lipinski definition) is 6. The van der Waals surface area contributed by atoms with Gasteiger partial charge in [-0.2, -0.15) is 18.3 Å². The topological polar surface area (TPSA) is 86.9 Å². The van der Waals surface area contributed by atoms with E-state index in [1.54, 1.807) is 17.9 Å². The van der Waals surface area contributed by atoms with Gasteiger partial charge in [-0.25, -0.2) is 9.67 Å². The molecule has 4 rings (SSSR count). The zero-order valence-electron chi connectivity index (χ0n) is 17.0. The molecule has 0 unspecified atom stereocenters. The van der Waals surface area contributed by atoms with Crippen molar-refractivity contribution in [1.82, 2.24) is 29.3 Å². The van der Waals surface area contributed by atoms with Gasteiger partial charge in [0, 0.05) is 25.5 Å². The molecule has 170 valence electrons. The van der Waals surface area contributed by atoms with E-state index in [1.807, 2.05) is 6.92 Å². The van der Waals surface area contributed by atoms with Gasteiger partial charge in [-0.15, -0.1) is 5.10 Å². The Morgan fingerprint density at radius 1 is 1.31 bits per heavy atom. The minimum absolute atomic E-state index is 0.0449. The van der Waals surface area contributed by atoms with E-state index < -0.39 is 24.1 Å². The second-order valence-corrected chi connectivity index (χ2v) is 8.66. The van der Waals surface area contributed by atoms with Crippen LogP contribution < -0.4 is 9.46 Å². The van der Waals surface area contributed by atoms with Crippen molar-refractivity contribution in [2.75, 3.05) is 6.61 Å². The summed E-state index contributed by atoms with van der Waals surface area (Å²) < 4.78 is 50.0. The summed E-state index contributed by atoms with van der Waals surface area (Å²) in [5.41, 5.74) is -0.842. The fourth-order valence-electron chi connectivity index (χ4n) is 2.94. The van der Waals surface area contributed by atoms with Crippen LogP contribution in [-0.2, 0) is 7.05 Å². The number of halogens is 4. The van der Waals surface area contributed by atoms with E-state index in [0.717, 1.165) is 22.5 Å². The zero-order chi connectivity index (χ0) is 23.1. The monoisotopic (exact) mass is 486 g/mol. The Morgan fingerprint density at radius 2 is 2.06 bits per heavy atom. The van der Waals surface area contributed by atoms with E-state index in [4.69, 9.17) is 16.3 Å². The summed E-state index contributed by atoms with van der Waals surface area (Å²) in [6.45, 7) is 1.35. The molecule has 1 aliphatic carbocycles. The summed E-state index contributed by atoms with van der Waals surface area (Å²) >= 11 is 7.30. The molecule has 3 aromatic rings. The van der Waals surface area contributed by atoms with Crippen LogP contribution in [0.1, 0.15) is 28.9 Å². The van der Waals surface area contributed by atoms with Gasteiger partial charge in [-0.1, -0.05) is 11.6 Å². The number of nitrogens with zero attached hydrogens (tertiary/aromatic N) is 5. The molecule has 0 atom stereocenters. The second-order valence-electron chi connectivity index (χ2n) is 7.46. The van der Waals surface area contributed by atoms with E-state index >= 15 is 0 Å². The van der Waals surface area contributed by atoms with Crippen molar-refractivity contribution in [3.63, 3.8) is 0 Å². The number of rotatable bonds is 7. The molecule has 3 aromatic heterocycles. The van der Waals surface area contributed by atoms with Gasteiger partial charge in [-0.3, -0.25) is 14.2 Å². The molecular weight excluding hydrogens is 469 g/mol. The lowest BCUT2D eigenvalue weighted by molar-refractivity contribution is -0.194. The molecule has 13 heteroatoms. The summed E-state index contributed by atoms with van der Waals surface area (Å²) in [7, 11) is 1.78. The molecule has 0 aliphatic heterocycles. The Bertz CT molecular complexity index is 1160. The van der Waals surface area contributed by atoms with Crippen LogP contribution in [0.15, 0.2) is 35.5 Å². The van der Waals surface area contributed by atoms with E-state index in [-0.39, 0.29) is 35.3 Å². The third kappa shape index (κ3) is 4.56. The first kappa shape index (κ1) is 22.5. The molecule has 0 spiro atoms. The maximum absolute atomic E-state index is 13.0. The summed E-state index contributed by atoms with van der Waals surface area (Å²) in [5.74, 6) is -0.105. The Morgan fingerprint density at radius 3 is 2.66 bits per heavy atom. The van der Waals surface area contributed by atoms with Crippen LogP contribution in [0.4, 0.5) is 13.2 Å². The van der Waals surface area contributed by atoms with Crippen LogP contribution >= 0.6 is 23.5 Å². The first-order valence-electron chi connectivity index (χ1n) is 9.47.